The van der Waals surface area contributed by atoms with Crippen LogP contribution in [0.5, 0.6) is 0 Å². The highest BCUT2D eigenvalue weighted by Crippen LogP contribution is 2.17. The molecule has 0 saturated heterocycles. The molecule has 0 unspecified atom stereocenters. The second-order valence-electron chi connectivity index (χ2n) is 3.62. The van der Waals surface area contributed by atoms with E-state index in [0.29, 0.717) is 11.3 Å². The fraction of sp³-hybridized carbons (Fsp3) is 0.364. The summed E-state index contributed by atoms with van der Waals surface area (Å²) in [6, 6.07) is 4.56. The van der Waals surface area contributed by atoms with Crippen LogP contribution in [0.4, 0.5) is 5.69 Å². The number of nitrogens with one attached hydrogen (secondary N) is 1. The molecule has 0 fully saturated rings. The maximum atomic E-state index is 11.5. The van der Waals surface area contributed by atoms with Crippen molar-refractivity contribution in [2.24, 2.45) is 5.73 Å². The van der Waals surface area contributed by atoms with Crippen molar-refractivity contribution in [3.05, 3.63) is 29.3 Å². The lowest BCUT2D eigenvalue weighted by Gasteiger charge is -2.09. The van der Waals surface area contributed by atoms with Crippen molar-refractivity contribution in [2.45, 2.75) is 13.5 Å². The molecule has 0 spiro atoms. The van der Waals surface area contributed by atoms with Crippen LogP contribution >= 0.6 is 0 Å². The molecule has 0 atom stereocenters. The Morgan fingerprint density at radius 2 is 2.06 bits per heavy atom. The summed E-state index contributed by atoms with van der Waals surface area (Å²) in [5.74, 6) is -0.588. The van der Waals surface area contributed by atoms with Crippen LogP contribution in [-0.4, -0.2) is 27.2 Å². The Hall–Kier alpha value is -1.60. The van der Waals surface area contributed by atoms with Gasteiger partial charge in [-0.3, -0.25) is 4.72 Å². The number of rotatable bonds is 5. The van der Waals surface area contributed by atoms with Gasteiger partial charge in [-0.05, 0) is 30.7 Å². The average Bonchev–Trinajstić information content (AvgIpc) is 2.36. The second-order valence-corrected chi connectivity index (χ2v) is 5.63. The smallest absolute Gasteiger partial charge is 0.337 e. The van der Waals surface area contributed by atoms with Gasteiger partial charge in [0.25, 0.3) is 0 Å². The summed E-state index contributed by atoms with van der Waals surface area (Å²) in [6.07, 6.45) is 0. The Morgan fingerprint density at radius 3 is 2.56 bits per heavy atom. The van der Waals surface area contributed by atoms with Gasteiger partial charge in [0.15, 0.2) is 0 Å². The van der Waals surface area contributed by atoms with Crippen molar-refractivity contribution in [3.63, 3.8) is 0 Å². The molecule has 3 N–H and O–H groups in total. The number of benzene rings is 1. The lowest BCUT2D eigenvalue weighted by Crippen LogP contribution is -2.15. The number of ether oxygens (including phenoxy) is 1. The normalized spacial score (nSPS) is 11.1. The van der Waals surface area contributed by atoms with Gasteiger partial charge in [-0.2, -0.15) is 0 Å². The predicted molar refractivity (Wildman–Crippen MR) is 68.8 cm³/mol. The molecule has 0 saturated carbocycles. The molecule has 7 heteroatoms. The van der Waals surface area contributed by atoms with E-state index in [1.165, 1.54) is 20.1 Å². The number of hydrogen-bond acceptors (Lipinski definition) is 5. The summed E-state index contributed by atoms with van der Waals surface area (Å²) in [7, 11) is -2.13. The number of sulfonamides is 1. The number of methoxy groups -OCH3 is 1. The van der Waals surface area contributed by atoms with Crippen LogP contribution in [0.15, 0.2) is 18.2 Å². The molecule has 0 heterocycles. The molecule has 0 bridgehead atoms. The van der Waals surface area contributed by atoms with Crippen LogP contribution in [0.25, 0.3) is 0 Å². The van der Waals surface area contributed by atoms with Crippen LogP contribution in [0, 0.1) is 0 Å². The fourth-order valence-corrected chi connectivity index (χ4v) is 1.98. The molecule has 1 aromatic carbocycles. The summed E-state index contributed by atoms with van der Waals surface area (Å²) in [6.45, 7) is 1.72. The first-order valence-corrected chi connectivity index (χ1v) is 7.00. The maximum Gasteiger partial charge on any atom is 0.337 e. The largest absolute Gasteiger partial charge is 0.465 e. The van der Waals surface area contributed by atoms with E-state index in [4.69, 9.17) is 5.73 Å². The van der Waals surface area contributed by atoms with Gasteiger partial charge in [-0.25, -0.2) is 13.2 Å². The Labute approximate surface area is 106 Å². The molecule has 0 radical (unpaired) electrons. The highest BCUT2D eigenvalue weighted by Gasteiger charge is 2.12. The minimum atomic E-state index is -3.39. The van der Waals surface area contributed by atoms with Gasteiger partial charge in [0.2, 0.25) is 10.0 Å². The predicted octanol–water partition coefficient (Wildman–Crippen LogP) is 0.693. The summed E-state index contributed by atoms with van der Waals surface area (Å²) in [5.41, 5.74) is 6.71. The van der Waals surface area contributed by atoms with Gasteiger partial charge in [-0.15, -0.1) is 0 Å². The SMILES string of the molecule is CCS(=O)(=O)Nc1cc(CN)cc(C(=O)OC)c1. The van der Waals surface area contributed by atoms with Crippen LogP contribution in [0.2, 0.25) is 0 Å². The molecular formula is C11H16N2O4S. The van der Waals surface area contributed by atoms with E-state index in [-0.39, 0.29) is 17.9 Å². The summed E-state index contributed by atoms with van der Waals surface area (Å²) in [4.78, 5) is 11.4. The van der Waals surface area contributed by atoms with Gasteiger partial charge < -0.3 is 10.5 Å². The van der Waals surface area contributed by atoms with Crippen molar-refractivity contribution >= 4 is 21.7 Å². The van der Waals surface area contributed by atoms with E-state index in [2.05, 4.69) is 9.46 Å². The number of carbonyl (C=O) groups is 1. The minimum Gasteiger partial charge on any atom is -0.465 e. The number of carbonyl (C=O) groups excluding carboxylic acids is 1. The van der Waals surface area contributed by atoms with Crippen molar-refractivity contribution in [3.8, 4) is 0 Å². The zero-order valence-corrected chi connectivity index (χ0v) is 11.1. The van der Waals surface area contributed by atoms with Crippen LogP contribution in [0.3, 0.4) is 0 Å². The highest BCUT2D eigenvalue weighted by molar-refractivity contribution is 7.92. The third-order valence-electron chi connectivity index (χ3n) is 2.30. The zero-order chi connectivity index (χ0) is 13.8. The lowest BCUT2D eigenvalue weighted by molar-refractivity contribution is 0.0600. The van der Waals surface area contributed by atoms with Crippen molar-refractivity contribution in [1.82, 2.24) is 0 Å². The Bertz CT molecular complexity index is 540. The van der Waals surface area contributed by atoms with Crippen LogP contribution in [-0.2, 0) is 21.3 Å². The number of esters is 1. The monoisotopic (exact) mass is 272 g/mol. The van der Waals surface area contributed by atoms with E-state index in [0.717, 1.165) is 0 Å². The fourth-order valence-electron chi connectivity index (χ4n) is 1.36. The number of anilines is 1. The van der Waals surface area contributed by atoms with Crippen LogP contribution < -0.4 is 10.5 Å². The summed E-state index contributed by atoms with van der Waals surface area (Å²) >= 11 is 0. The molecule has 6 nitrogen and oxygen atoms in total. The van der Waals surface area contributed by atoms with Gasteiger partial charge in [-0.1, -0.05) is 0 Å². The van der Waals surface area contributed by atoms with E-state index >= 15 is 0 Å². The molecule has 100 valence electrons. The Balaban J connectivity index is 3.16. The third kappa shape index (κ3) is 3.71. The summed E-state index contributed by atoms with van der Waals surface area (Å²) < 4.78 is 29.9. The van der Waals surface area contributed by atoms with E-state index in [1.807, 2.05) is 0 Å². The van der Waals surface area contributed by atoms with E-state index < -0.39 is 16.0 Å². The topological polar surface area (TPSA) is 98.5 Å². The number of nitrogens with two attached hydrogens (primary N) is 1. The minimum absolute atomic E-state index is 0.0482. The maximum absolute atomic E-state index is 11.5. The standard InChI is InChI=1S/C11H16N2O4S/c1-3-18(15,16)13-10-5-8(7-12)4-9(6-10)11(14)17-2/h4-6,13H,3,7,12H2,1-2H3. The molecule has 1 aromatic rings. The lowest BCUT2D eigenvalue weighted by atomic mass is 10.1. The van der Waals surface area contributed by atoms with Crippen molar-refractivity contribution in [1.29, 1.82) is 0 Å². The van der Waals surface area contributed by atoms with Gasteiger partial charge in [0, 0.05) is 12.2 Å². The molecule has 1 rings (SSSR count). The average molecular weight is 272 g/mol. The highest BCUT2D eigenvalue weighted by atomic mass is 32.2. The molecule has 0 aromatic heterocycles. The van der Waals surface area contributed by atoms with Gasteiger partial charge in [0.05, 0.1) is 18.4 Å². The quantitative estimate of drug-likeness (QED) is 0.768. The molecule has 0 aliphatic heterocycles. The first kappa shape index (κ1) is 14.5. The number of hydrogen-bond donors (Lipinski definition) is 2. The molecule has 0 aliphatic rings. The molecule has 0 aliphatic carbocycles. The van der Waals surface area contributed by atoms with Gasteiger partial charge in [0.1, 0.15) is 0 Å². The molecule has 0 amide bonds. The molecule has 18 heavy (non-hydrogen) atoms. The Kier molecular flexibility index (Phi) is 4.69. The second kappa shape index (κ2) is 5.83. The summed E-state index contributed by atoms with van der Waals surface area (Å²) in [5, 5.41) is 0. The zero-order valence-electron chi connectivity index (χ0n) is 10.3. The first-order chi connectivity index (χ1) is 8.41. The van der Waals surface area contributed by atoms with Crippen LogP contribution in [0.1, 0.15) is 22.8 Å². The third-order valence-corrected chi connectivity index (χ3v) is 3.61. The van der Waals surface area contributed by atoms with Crippen molar-refractivity contribution in [2.75, 3.05) is 17.6 Å². The van der Waals surface area contributed by atoms with E-state index in [9.17, 15) is 13.2 Å². The van der Waals surface area contributed by atoms with Gasteiger partial charge >= 0.3 is 5.97 Å². The van der Waals surface area contributed by atoms with E-state index in [1.54, 1.807) is 12.1 Å². The molecular weight excluding hydrogens is 256 g/mol. The Morgan fingerprint density at radius 1 is 1.39 bits per heavy atom. The first-order valence-electron chi connectivity index (χ1n) is 5.34. The van der Waals surface area contributed by atoms with Crippen molar-refractivity contribution < 1.29 is 17.9 Å².